The number of ether oxygens (including phenoxy) is 1. The minimum atomic E-state index is -0.924. The van der Waals surface area contributed by atoms with Gasteiger partial charge in [0.1, 0.15) is 22.9 Å². The molecule has 0 amide bonds. The summed E-state index contributed by atoms with van der Waals surface area (Å²) in [5, 5.41) is 12.2. The van der Waals surface area contributed by atoms with Crippen molar-refractivity contribution >= 4 is 40.9 Å². The molecule has 5 rings (SSSR count). The summed E-state index contributed by atoms with van der Waals surface area (Å²) in [6.45, 7) is 8.39. The van der Waals surface area contributed by atoms with Crippen LogP contribution in [0.25, 0.3) is 32.9 Å². The third-order valence-corrected chi connectivity index (χ3v) is 6.77. The van der Waals surface area contributed by atoms with Gasteiger partial charge >= 0.3 is 5.97 Å². The van der Waals surface area contributed by atoms with Gasteiger partial charge < -0.3 is 24.4 Å². The molecule has 7 nitrogen and oxygen atoms in total. The molecule has 2 N–H and O–H groups in total. The number of methoxy groups -OCH3 is 1. The summed E-state index contributed by atoms with van der Waals surface area (Å²) in [6.07, 6.45) is 1.74. The maximum atomic E-state index is 11.3. The third kappa shape index (κ3) is 8.36. The van der Waals surface area contributed by atoms with Crippen LogP contribution >= 0.6 is 11.3 Å². The van der Waals surface area contributed by atoms with Crippen LogP contribution in [0.4, 0.5) is 5.69 Å². The van der Waals surface area contributed by atoms with Crippen LogP contribution in [0.15, 0.2) is 77.3 Å². The van der Waals surface area contributed by atoms with Crippen LogP contribution in [-0.2, 0) is 9.53 Å². The lowest BCUT2D eigenvalue weighted by Gasteiger charge is -2.00. The lowest BCUT2D eigenvalue weighted by Crippen LogP contribution is -1.97. The first-order valence-electron chi connectivity index (χ1n) is 12.0. The number of nitrogens with zero attached hydrogens (tertiary/aromatic N) is 1. The Bertz CT molecular complexity index is 1460. The quantitative estimate of drug-likeness (QED) is 0.239. The Balaban J connectivity index is 0.000000318. The highest BCUT2D eigenvalue weighted by atomic mass is 32.1. The number of thiophene rings is 1. The number of pyridine rings is 1. The minimum Gasteiger partial charge on any atom is -0.477 e. The van der Waals surface area contributed by atoms with Crippen molar-refractivity contribution in [1.82, 2.24) is 4.98 Å². The Labute approximate surface area is 233 Å². The maximum Gasteiger partial charge on any atom is 0.348 e. The first kappa shape index (κ1) is 31.0. The number of aryl methyl sites for hydroxylation is 3. The molecule has 0 saturated carbocycles. The molecule has 0 fully saturated rings. The maximum absolute atomic E-state index is 11.3. The highest BCUT2D eigenvalue weighted by Gasteiger charge is 2.15. The number of nitrogens with one attached hydrogen (secondary N) is 1. The molecule has 0 aliphatic carbocycles. The largest absolute Gasteiger partial charge is 0.477 e. The van der Waals surface area contributed by atoms with E-state index < -0.39 is 5.97 Å². The van der Waals surface area contributed by atoms with E-state index in [1.807, 2.05) is 55.3 Å². The number of furan rings is 1. The van der Waals surface area contributed by atoms with Crippen LogP contribution in [0.5, 0.6) is 0 Å². The van der Waals surface area contributed by atoms with Crippen molar-refractivity contribution in [3.8, 4) is 21.8 Å². The van der Waals surface area contributed by atoms with Crippen LogP contribution in [0.1, 0.15) is 26.4 Å². The van der Waals surface area contributed by atoms with Gasteiger partial charge in [-0.25, -0.2) is 4.79 Å². The molecule has 0 radical (unpaired) electrons. The Morgan fingerprint density at radius 3 is 2.10 bits per heavy atom. The second-order valence-corrected chi connectivity index (χ2v) is 9.53. The number of carbonyl (C=O) groups is 2. The molecule has 0 spiro atoms. The molecule has 0 aliphatic heterocycles. The van der Waals surface area contributed by atoms with E-state index in [2.05, 4.69) is 54.0 Å². The number of carbonyl (C=O) groups excluding carboxylic acids is 1. The molecule has 8 heteroatoms. The zero-order chi connectivity index (χ0) is 28.9. The van der Waals surface area contributed by atoms with Gasteiger partial charge in [0.2, 0.25) is 0 Å². The van der Waals surface area contributed by atoms with E-state index in [4.69, 9.17) is 9.21 Å². The Morgan fingerprint density at radius 1 is 0.949 bits per heavy atom. The van der Waals surface area contributed by atoms with Gasteiger partial charge in [0, 0.05) is 44.0 Å². The first-order valence-corrected chi connectivity index (χ1v) is 12.8. The molecular weight excluding hydrogens is 512 g/mol. The van der Waals surface area contributed by atoms with E-state index in [9.17, 15) is 9.90 Å². The van der Waals surface area contributed by atoms with E-state index in [0.29, 0.717) is 10.6 Å². The molecule has 39 heavy (non-hydrogen) atoms. The zero-order valence-corrected chi connectivity index (χ0v) is 23.9. The van der Waals surface area contributed by atoms with Gasteiger partial charge in [0.25, 0.3) is 0 Å². The van der Waals surface area contributed by atoms with Crippen LogP contribution in [-0.4, -0.2) is 44.1 Å². The fraction of sp³-hybridized carbons (Fsp3) is 0.194. The fourth-order valence-electron chi connectivity index (χ4n) is 3.58. The molecule has 204 valence electrons. The van der Waals surface area contributed by atoms with E-state index >= 15 is 0 Å². The predicted molar refractivity (Wildman–Crippen MR) is 160 cm³/mol. The lowest BCUT2D eigenvalue weighted by atomic mass is 10.1. The summed E-state index contributed by atoms with van der Waals surface area (Å²) in [4.78, 5) is 24.8. The molecule has 3 aromatic heterocycles. The topological polar surface area (TPSA) is 102 Å². The first-order chi connectivity index (χ1) is 18.8. The predicted octanol–water partition coefficient (Wildman–Crippen LogP) is 7.65. The van der Waals surface area contributed by atoms with Crippen molar-refractivity contribution in [2.24, 2.45) is 0 Å². The molecule has 3 heterocycles. The summed E-state index contributed by atoms with van der Waals surface area (Å²) < 4.78 is 10.1. The number of carboxylic acids is 1. The number of fused-ring (bicyclic) bond motifs is 1. The monoisotopic (exact) mass is 546 g/mol. The van der Waals surface area contributed by atoms with Gasteiger partial charge in [-0.1, -0.05) is 48.0 Å². The van der Waals surface area contributed by atoms with Crippen molar-refractivity contribution in [2.75, 3.05) is 26.6 Å². The minimum absolute atomic E-state index is 0.310. The van der Waals surface area contributed by atoms with Crippen molar-refractivity contribution in [1.29, 1.82) is 0 Å². The van der Waals surface area contributed by atoms with Crippen LogP contribution in [0.3, 0.4) is 0 Å². The number of rotatable bonds is 4. The number of hydrogen-bond donors (Lipinski definition) is 2. The molecule has 5 aromatic rings. The summed E-state index contributed by atoms with van der Waals surface area (Å²) >= 11 is 1.26. The zero-order valence-electron chi connectivity index (χ0n) is 23.1. The van der Waals surface area contributed by atoms with Crippen molar-refractivity contribution in [3.63, 3.8) is 0 Å². The van der Waals surface area contributed by atoms with E-state index in [1.165, 1.54) is 28.0 Å². The Morgan fingerprint density at radius 2 is 1.59 bits per heavy atom. The van der Waals surface area contributed by atoms with Gasteiger partial charge in [-0.3, -0.25) is 4.98 Å². The second kappa shape index (κ2) is 15.2. The Kier molecular flexibility index (Phi) is 12.1. The number of aromatic nitrogens is 1. The van der Waals surface area contributed by atoms with E-state index in [1.54, 1.807) is 27.5 Å². The summed E-state index contributed by atoms with van der Waals surface area (Å²) in [5.74, 6) is -0.166. The third-order valence-electron chi connectivity index (χ3n) is 5.60. The number of anilines is 1. The fourth-order valence-corrected chi connectivity index (χ4v) is 4.59. The van der Waals surface area contributed by atoms with Gasteiger partial charge in [0.15, 0.2) is 5.58 Å². The molecule has 2 aromatic carbocycles. The smallest absolute Gasteiger partial charge is 0.348 e. The average Bonchev–Trinajstić information content (AvgIpc) is 3.58. The van der Waals surface area contributed by atoms with Gasteiger partial charge in [0.05, 0.1) is 5.69 Å². The standard InChI is InChI=1S/C19H14N2O3S.C9H12.C2H6O.CH2O/c1-20-14-10-17(25-18(14)19(22)23)12-6-4-11(5-7-12)16-9-13-15(24-16)3-2-8-21-13;1-7-4-5-8(2)9(3)6-7;1-3-2;1-2/h2-10,20H,1H3,(H,22,23);4-6H,1-3H3;1-2H3;1H2. The Hall–Kier alpha value is -4.27. The van der Waals surface area contributed by atoms with Crippen LogP contribution in [0, 0.1) is 20.8 Å². The summed E-state index contributed by atoms with van der Waals surface area (Å²) in [5.41, 5.74) is 8.22. The van der Waals surface area contributed by atoms with Gasteiger partial charge in [-0.2, -0.15) is 0 Å². The van der Waals surface area contributed by atoms with Gasteiger partial charge in [-0.15, -0.1) is 11.3 Å². The highest BCUT2D eigenvalue weighted by Crippen LogP contribution is 2.36. The molecule has 0 aliphatic rings. The highest BCUT2D eigenvalue weighted by molar-refractivity contribution is 7.18. The van der Waals surface area contributed by atoms with Crippen molar-refractivity contribution < 1.29 is 23.8 Å². The lowest BCUT2D eigenvalue weighted by molar-refractivity contribution is -0.0980. The normalized spacial score (nSPS) is 9.79. The number of carboxylic acid groups (broad SMARTS) is 1. The van der Waals surface area contributed by atoms with E-state index in [-0.39, 0.29) is 0 Å². The second-order valence-electron chi connectivity index (χ2n) is 8.48. The van der Waals surface area contributed by atoms with Crippen molar-refractivity contribution in [2.45, 2.75) is 20.8 Å². The average molecular weight is 547 g/mol. The van der Waals surface area contributed by atoms with Crippen LogP contribution < -0.4 is 5.32 Å². The molecule has 0 saturated heterocycles. The summed E-state index contributed by atoms with van der Waals surface area (Å²) in [6, 6.07) is 21.9. The number of aromatic carboxylic acids is 1. The van der Waals surface area contributed by atoms with E-state index in [0.717, 1.165) is 32.9 Å². The SMILES string of the molecule is C=O.CNc1cc(-c2ccc(-c3cc4ncccc4o3)cc2)sc1C(=O)O.COC.Cc1ccc(C)c(C)c1. The summed E-state index contributed by atoms with van der Waals surface area (Å²) in [7, 11) is 4.97. The molecular formula is C31H34N2O5S. The number of hydrogen-bond acceptors (Lipinski definition) is 7. The van der Waals surface area contributed by atoms with Crippen LogP contribution in [0.2, 0.25) is 0 Å². The van der Waals surface area contributed by atoms with Gasteiger partial charge in [-0.05, 0) is 55.7 Å². The molecule has 0 atom stereocenters. The molecule has 0 bridgehead atoms. The molecule has 0 unspecified atom stereocenters. The number of benzene rings is 2. The van der Waals surface area contributed by atoms with Crippen molar-refractivity contribution in [3.05, 3.63) is 94.5 Å².